The predicted octanol–water partition coefficient (Wildman–Crippen LogP) is 2.73. The molecule has 0 aliphatic carbocycles. The first-order valence-electron chi connectivity index (χ1n) is 5.97. The Kier molecular flexibility index (Phi) is 4.53. The van der Waals surface area contributed by atoms with E-state index in [0.29, 0.717) is 12.2 Å². The van der Waals surface area contributed by atoms with E-state index in [1.807, 2.05) is 25.7 Å². The molecule has 0 atom stereocenters. The second kappa shape index (κ2) is 5.71. The van der Waals surface area contributed by atoms with Crippen LogP contribution < -0.4 is 10.6 Å². The highest BCUT2D eigenvalue weighted by atomic mass is 19.1. The van der Waals surface area contributed by atoms with Crippen molar-refractivity contribution in [2.45, 2.75) is 33.2 Å². The van der Waals surface area contributed by atoms with Crippen LogP contribution in [0.4, 0.5) is 15.8 Å². The largest absolute Gasteiger partial charge is 0.478 e. The third-order valence-corrected chi connectivity index (χ3v) is 2.75. The number of carbonyl (C=O) groups is 1. The number of carboxylic acids is 1. The minimum absolute atomic E-state index is 0.0519. The number of nitrogens with zero attached hydrogens (tertiary/aromatic N) is 1. The highest BCUT2D eigenvalue weighted by molar-refractivity contribution is 5.95. The van der Waals surface area contributed by atoms with Crippen molar-refractivity contribution in [2.24, 2.45) is 0 Å². The summed E-state index contributed by atoms with van der Waals surface area (Å²) >= 11 is 0. The van der Waals surface area contributed by atoms with Gasteiger partial charge in [0.25, 0.3) is 0 Å². The van der Waals surface area contributed by atoms with Gasteiger partial charge in [-0.3, -0.25) is 0 Å². The van der Waals surface area contributed by atoms with Gasteiger partial charge in [-0.1, -0.05) is 6.92 Å². The summed E-state index contributed by atoms with van der Waals surface area (Å²) in [7, 11) is 0. The molecule has 0 saturated carbocycles. The number of nitrogens with two attached hydrogens (primary N) is 1. The molecule has 100 valence electrons. The van der Waals surface area contributed by atoms with E-state index in [1.165, 1.54) is 6.07 Å². The van der Waals surface area contributed by atoms with E-state index in [4.69, 9.17) is 10.8 Å². The van der Waals surface area contributed by atoms with Crippen LogP contribution in [0, 0.1) is 5.82 Å². The van der Waals surface area contributed by atoms with E-state index in [2.05, 4.69) is 0 Å². The summed E-state index contributed by atoms with van der Waals surface area (Å²) in [5, 5.41) is 9.01. The van der Waals surface area contributed by atoms with Gasteiger partial charge < -0.3 is 15.7 Å². The van der Waals surface area contributed by atoms with Gasteiger partial charge in [-0.25, -0.2) is 9.18 Å². The molecule has 0 saturated heterocycles. The number of rotatable bonds is 5. The van der Waals surface area contributed by atoms with E-state index in [1.54, 1.807) is 0 Å². The average Bonchev–Trinajstić information content (AvgIpc) is 2.26. The van der Waals surface area contributed by atoms with Gasteiger partial charge in [0, 0.05) is 18.3 Å². The van der Waals surface area contributed by atoms with Gasteiger partial charge in [0.2, 0.25) is 0 Å². The minimum Gasteiger partial charge on any atom is -0.478 e. The molecule has 0 amide bonds. The van der Waals surface area contributed by atoms with Gasteiger partial charge in [0.05, 0.1) is 11.3 Å². The fourth-order valence-electron chi connectivity index (χ4n) is 1.88. The van der Waals surface area contributed by atoms with E-state index in [0.717, 1.165) is 12.5 Å². The lowest BCUT2D eigenvalue weighted by Crippen LogP contribution is -2.32. The maximum Gasteiger partial charge on any atom is 0.337 e. The summed E-state index contributed by atoms with van der Waals surface area (Å²) in [6, 6.07) is 2.47. The van der Waals surface area contributed by atoms with Crippen molar-refractivity contribution in [3.63, 3.8) is 0 Å². The molecule has 5 heteroatoms. The van der Waals surface area contributed by atoms with E-state index in [9.17, 15) is 9.18 Å². The molecule has 4 nitrogen and oxygen atoms in total. The molecule has 0 fully saturated rings. The van der Waals surface area contributed by atoms with Crippen molar-refractivity contribution >= 4 is 17.3 Å². The molecule has 0 heterocycles. The highest BCUT2D eigenvalue weighted by Crippen LogP contribution is 2.27. The molecule has 3 N–H and O–H groups in total. The Hall–Kier alpha value is -1.78. The average molecular weight is 254 g/mol. The second-order valence-corrected chi connectivity index (χ2v) is 4.48. The van der Waals surface area contributed by atoms with Crippen molar-refractivity contribution in [2.75, 3.05) is 17.2 Å². The van der Waals surface area contributed by atoms with E-state index in [-0.39, 0.29) is 17.3 Å². The third-order valence-electron chi connectivity index (χ3n) is 2.75. The molecule has 0 unspecified atom stereocenters. The maximum absolute atomic E-state index is 13.9. The Labute approximate surface area is 106 Å². The topological polar surface area (TPSA) is 66.6 Å². The van der Waals surface area contributed by atoms with Crippen LogP contribution in [0.2, 0.25) is 0 Å². The summed E-state index contributed by atoms with van der Waals surface area (Å²) in [6.45, 7) is 6.53. The van der Waals surface area contributed by atoms with Gasteiger partial charge in [0.1, 0.15) is 5.82 Å². The third kappa shape index (κ3) is 2.91. The maximum atomic E-state index is 13.9. The molecular weight excluding hydrogens is 235 g/mol. The molecule has 0 aliphatic heterocycles. The first kappa shape index (κ1) is 14.3. The summed E-state index contributed by atoms with van der Waals surface area (Å²) in [4.78, 5) is 12.8. The predicted molar refractivity (Wildman–Crippen MR) is 70.5 cm³/mol. The number of nitrogen functional groups attached to an aromatic ring is 1. The summed E-state index contributed by atoms with van der Waals surface area (Å²) < 4.78 is 13.9. The lowest BCUT2D eigenvalue weighted by molar-refractivity contribution is 0.0698. The molecular formula is C13H19FN2O2. The Morgan fingerprint density at radius 3 is 2.56 bits per heavy atom. The summed E-state index contributed by atoms with van der Waals surface area (Å²) in [5.41, 5.74) is 5.68. The van der Waals surface area contributed by atoms with Crippen molar-refractivity contribution in [3.8, 4) is 0 Å². The SMILES string of the molecule is CCCN(c1cc(C(=O)O)c(N)cc1F)C(C)C. The molecule has 0 aliphatic rings. The van der Waals surface area contributed by atoms with Crippen LogP contribution in [0.25, 0.3) is 0 Å². The van der Waals surface area contributed by atoms with Crippen LogP contribution >= 0.6 is 0 Å². The fourth-order valence-corrected chi connectivity index (χ4v) is 1.88. The van der Waals surface area contributed by atoms with E-state index < -0.39 is 11.8 Å². The van der Waals surface area contributed by atoms with Crippen LogP contribution in [0.3, 0.4) is 0 Å². The van der Waals surface area contributed by atoms with Gasteiger partial charge in [-0.15, -0.1) is 0 Å². The fraction of sp³-hybridized carbons (Fsp3) is 0.462. The quantitative estimate of drug-likeness (QED) is 0.793. The zero-order valence-corrected chi connectivity index (χ0v) is 10.9. The lowest BCUT2D eigenvalue weighted by atomic mass is 10.1. The summed E-state index contributed by atoms with van der Waals surface area (Å²) in [5.74, 6) is -1.63. The Morgan fingerprint density at radius 1 is 1.50 bits per heavy atom. The van der Waals surface area contributed by atoms with Crippen molar-refractivity contribution < 1.29 is 14.3 Å². The first-order chi connectivity index (χ1) is 8.38. The van der Waals surface area contributed by atoms with Crippen molar-refractivity contribution in [1.29, 1.82) is 0 Å². The Morgan fingerprint density at radius 2 is 2.11 bits per heavy atom. The lowest BCUT2D eigenvalue weighted by Gasteiger charge is -2.29. The van der Waals surface area contributed by atoms with Crippen LogP contribution in [0.15, 0.2) is 12.1 Å². The van der Waals surface area contributed by atoms with Gasteiger partial charge >= 0.3 is 5.97 Å². The number of benzene rings is 1. The number of anilines is 2. The first-order valence-corrected chi connectivity index (χ1v) is 5.97. The molecule has 18 heavy (non-hydrogen) atoms. The summed E-state index contributed by atoms with van der Waals surface area (Å²) in [6.07, 6.45) is 0.852. The number of aromatic carboxylic acids is 1. The standard InChI is InChI=1S/C13H19FN2O2/c1-4-5-16(8(2)3)12-6-9(13(17)18)11(15)7-10(12)14/h6-8H,4-5,15H2,1-3H3,(H,17,18). The Bertz CT molecular complexity index is 447. The number of hydrogen-bond donors (Lipinski definition) is 2. The number of carboxylic acid groups (broad SMARTS) is 1. The Balaban J connectivity index is 3.29. The van der Waals surface area contributed by atoms with E-state index >= 15 is 0 Å². The van der Waals surface area contributed by atoms with Crippen molar-refractivity contribution in [1.82, 2.24) is 0 Å². The van der Waals surface area contributed by atoms with Crippen LogP contribution in [-0.4, -0.2) is 23.7 Å². The van der Waals surface area contributed by atoms with Gasteiger partial charge in [0.15, 0.2) is 0 Å². The second-order valence-electron chi connectivity index (χ2n) is 4.48. The normalized spacial score (nSPS) is 10.7. The van der Waals surface area contributed by atoms with Crippen molar-refractivity contribution in [3.05, 3.63) is 23.5 Å². The van der Waals surface area contributed by atoms with Crippen LogP contribution in [0.1, 0.15) is 37.6 Å². The smallest absolute Gasteiger partial charge is 0.337 e. The molecule has 1 rings (SSSR count). The highest BCUT2D eigenvalue weighted by Gasteiger charge is 2.19. The monoisotopic (exact) mass is 254 g/mol. The molecule has 1 aromatic rings. The minimum atomic E-state index is -1.14. The molecule has 0 spiro atoms. The van der Waals surface area contributed by atoms with Crippen LogP contribution in [-0.2, 0) is 0 Å². The molecule has 0 aromatic heterocycles. The van der Waals surface area contributed by atoms with Gasteiger partial charge in [-0.2, -0.15) is 0 Å². The molecule has 1 aromatic carbocycles. The number of hydrogen-bond acceptors (Lipinski definition) is 3. The molecule has 0 radical (unpaired) electrons. The van der Waals surface area contributed by atoms with Crippen LogP contribution in [0.5, 0.6) is 0 Å². The number of halogens is 1. The zero-order valence-electron chi connectivity index (χ0n) is 10.9. The zero-order chi connectivity index (χ0) is 13.9. The molecule has 0 bridgehead atoms. The van der Waals surface area contributed by atoms with Gasteiger partial charge in [-0.05, 0) is 32.4 Å².